The molecular formula is C14H15ClN4O. The lowest BCUT2D eigenvalue weighted by molar-refractivity contribution is 0.0954. The Kier molecular flexibility index (Phi) is 4.92. The Morgan fingerprint density at radius 2 is 2.00 bits per heavy atom. The predicted molar refractivity (Wildman–Crippen MR) is 79.5 cm³/mol. The second-order valence-corrected chi connectivity index (χ2v) is 4.59. The quantitative estimate of drug-likeness (QED) is 0.447. The number of anilines is 1. The number of nitrogen functional groups attached to an aromatic ring is 1. The van der Waals surface area contributed by atoms with Crippen LogP contribution in [-0.4, -0.2) is 17.4 Å². The fraction of sp³-hybridized carbons (Fsp3) is 0.143. The number of nitrogens with one attached hydrogen (secondary N) is 2. The van der Waals surface area contributed by atoms with Crippen LogP contribution in [0.2, 0.25) is 5.15 Å². The summed E-state index contributed by atoms with van der Waals surface area (Å²) in [6.45, 7) is 0.550. The molecule has 0 saturated carbocycles. The Labute approximate surface area is 122 Å². The largest absolute Gasteiger partial charge is 0.352 e. The average Bonchev–Trinajstić information content (AvgIpc) is 2.47. The van der Waals surface area contributed by atoms with Crippen molar-refractivity contribution in [3.05, 3.63) is 58.7 Å². The first-order valence-electron chi connectivity index (χ1n) is 6.15. The van der Waals surface area contributed by atoms with Gasteiger partial charge < -0.3 is 10.7 Å². The van der Waals surface area contributed by atoms with Crippen LogP contribution < -0.4 is 16.6 Å². The van der Waals surface area contributed by atoms with E-state index < -0.39 is 0 Å². The van der Waals surface area contributed by atoms with Gasteiger partial charge in [-0.05, 0) is 24.1 Å². The average molecular weight is 291 g/mol. The number of nitrogens with zero attached hydrogens (tertiary/aromatic N) is 1. The zero-order chi connectivity index (χ0) is 14.4. The summed E-state index contributed by atoms with van der Waals surface area (Å²) in [5.74, 6) is 5.41. The maximum Gasteiger partial charge on any atom is 0.251 e. The molecule has 0 aliphatic rings. The molecule has 0 aliphatic carbocycles. The topological polar surface area (TPSA) is 80.0 Å². The summed E-state index contributed by atoms with van der Waals surface area (Å²) in [7, 11) is 0. The van der Waals surface area contributed by atoms with Gasteiger partial charge in [-0.3, -0.25) is 4.79 Å². The molecule has 4 N–H and O–H groups in total. The monoisotopic (exact) mass is 290 g/mol. The van der Waals surface area contributed by atoms with Crippen LogP contribution in [-0.2, 0) is 6.42 Å². The highest BCUT2D eigenvalue weighted by Crippen LogP contribution is 2.13. The molecule has 0 saturated heterocycles. The lowest BCUT2D eigenvalue weighted by Gasteiger charge is -2.07. The summed E-state index contributed by atoms with van der Waals surface area (Å²) in [6, 6.07) is 13.0. The number of halogens is 1. The van der Waals surface area contributed by atoms with Gasteiger partial charge in [0.05, 0.1) is 0 Å². The minimum atomic E-state index is -0.207. The maximum atomic E-state index is 12.0. The van der Waals surface area contributed by atoms with Gasteiger partial charge in [0.25, 0.3) is 5.91 Å². The van der Waals surface area contributed by atoms with Gasteiger partial charge in [0, 0.05) is 12.1 Å². The van der Waals surface area contributed by atoms with Gasteiger partial charge in [-0.15, -0.1) is 0 Å². The third-order valence-electron chi connectivity index (χ3n) is 2.75. The molecule has 104 valence electrons. The second-order valence-electron chi connectivity index (χ2n) is 4.20. The molecule has 5 nitrogen and oxygen atoms in total. The molecule has 0 atom stereocenters. The van der Waals surface area contributed by atoms with Crippen molar-refractivity contribution in [2.75, 3.05) is 12.0 Å². The minimum Gasteiger partial charge on any atom is -0.352 e. The number of hydrazine groups is 1. The van der Waals surface area contributed by atoms with Crippen molar-refractivity contribution in [1.29, 1.82) is 0 Å². The van der Waals surface area contributed by atoms with E-state index in [0.29, 0.717) is 17.9 Å². The highest BCUT2D eigenvalue weighted by Gasteiger charge is 2.08. The van der Waals surface area contributed by atoms with Crippen molar-refractivity contribution in [2.24, 2.45) is 5.84 Å². The Morgan fingerprint density at radius 3 is 2.70 bits per heavy atom. The maximum absolute atomic E-state index is 12.0. The molecule has 0 radical (unpaired) electrons. The SMILES string of the molecule is NNc1cc(C(=O)NCCc2ccccc2)cc(Cl)n1. The van der Waals surface area contributed by atoms with Crippen LogP contribution in [0, 0.1) is 0 Å². The zero-order valence-corrected chi connectivity index (χ0v) is 11.5. The molecule has 1 amide bonds. The number of rotatable bonds is 5. The number of nitrogens with two attached hydrogens (primary N) is 1. The molecule has 6 heteroatoms. The summed E-state index contributed by atoms with van der Waals surface area (Å²) >= 11 is 5.82. The van der Waals surface area contributed by atoms with Crippen molar-refractivity contribution in [3.8, 4) is 0 Å². The molecule has 1 aromatic heterocycles. The standard InChI is InChI=1S/C14H15ClN4O/c15-12-8-11(9-13(18-12)19-16)14(20)17-7-6-10-4-2-1-3-5-10/h1-5,8-9H,6-7,16H2,(H,17,20)(H,18,19). The molecule has 20 heavy (non-hydrogen) atoms. The van der Waals surface area contributed by atoms with Crippen molar-refractivity contribution in [1.82, 2.24) is 10.3 Å². The first kappa shape index (κ1) is 14.3. The van der Waals surface area contributed by atoms with Crippen molar-refractivity contribution in [3.63, 3.8) is 0 Å². The van der Waals surface area contributed by atoms with E-state index in [2.05, 4.69) is 15.7 Å². The Hall–Kier alpha value is -2.11. The van der Waals surface area contributed by atoms with Crippen LogP contribution in [0.5, 0.6) is 0 Å². The van der Waals surface area contributed by atoms with Gasteiger partial charge in [-0.1, -0.05) is 41.9 Å². The highest BCUT2D eigenvalue weighted by atomic mass is 35.5. The number of hydrogen-bond acceptors (Lipinski definition) is 4. The number of aromatic nitrogens is 1. The van der Waals surface area contributed by atoms with Crippen LogP contribution >= 0.6 is 11.6 Å². The Balaban J connectivity index is 1.93. The van der Waals surface area contributed by atoms with Crippen LogP contribution in [0.3, 0.4) is 0 Å². The number of carbonyl (C=O) groups is 1. The first-order chi connectivity index (χ1) is 9.69. The van der Waals surface area contributed by atoms with Gasteiger partial charge in [-0.25, -0.2) is 10.8 Å². The summed E-state index contributed by atoms with van der Waals surface area (Å²) in [5, 5.41) is 3.05. The summed E-state index contributed by atoms with van der Waals surface area (Å²) in [6.07, 6.45) is 0.771. The molecule has 2 aromatic rings. The molecule has 2 rings (SSSR count). The second kappa shape index (κ2) is 6.88. The summed E-state index contributed by atoms with van der Waals surface area (Å²) in [4.78, 5) is 15.9. The molecule has 0 unspecified atom stereocenters. The molecule has 1 aromatic carbocycles. The van der Waals surface area contributed by atoms with E-state index in [1.54, 1.807) is 6.07 Å². The summed E-state index contributed by atoms with van der Waals surface area (Å²) < 4.78 is 0. The fourth-order valence-electron chi connectivity index (χ4n) is 1.77. The van der Waals surface area contributed by atoms with Gasteiger partial charge in [0.15, 0.2) is 0 Å². The molecule has 0 fully saturated rings. The van der Waals surface area contributed by atoms with Crippen LogP contribution in [0.1, 0.15) is 15.9 Å². The van der Waals surface area contributed by atoms with Crippen molar-refractivity contribution < 1.29 is 4.79 Å². The minimum absolute atomic E-state index is 0.207. The molecule has 0 spiro atoms. The highest BCUT2D eigenvalue weighted by molar-refractivity contribution is 6.29. The number of amides is 1. The van der Waals surface area contributed by atoms with Crippen molar-refractivity contribution in [2.45, 2.75) is 6.42 Å². The van der Waals surface area contributed by atoms with Crippen LogP contribution in [0.15, 0.2) is 42.5 Å². The van der Waals surface area contributed by atoms with E-state index in [9.17, 15) is 4.79 Å². The van der Waals surface area contributed by atoms with E-state index in [1.165, 1.54) is 11.6 Å². The molecular weight excluding hydrogens is 276 g/mol. The number of pyridine rings is 1. The normalized spacial score (nSPS) is 10.1. The molecule has 0 aliphatic heterocycles. The van der Waals surface area contributed by atoms with Gasteiger partial charge >= 0.3 is 0 Å². The van der Waals surface area contributed by atoms with Crippen LogP contribution in [0.25, 0.3) is 0 Å². The van der Waals surface area contributed by atoms with E-state index in [0.717, 1.165) is 6.42 Å². The first-order valence-corrected chi connectivity index (χ1v) is 6.53. The van der Waals surface area contributed by atoms with E-state index in [-0.39, 0.29) is 11.1 Å². The fourth-order valence-corrected chi connectivity index (χ4v) is 1.98. The van der Waals surface area contributed by atoms with Gasteiger partial charge in [0.2, 0.25) is 0 Å². The van der Waals surface area contributed by atoms with Gasteiger partial charge in [-0.2, -0.15) is 0 Å². The zero-order valence-electron chi connectivity index (χ0n) is 10.8. The Morgan fingerprint density at radius 1 is 1.25 bits per heavy atom. The lowest BCUT2D eigenvalue weighted by atomic mass is 10.1. The molecule has 0 bridgehead atoms. The third-order valence-corrected chi connectivity index (χ3v) is 2.94. The third kappa shape index (κ3) is 3.94. The smallest absolute Gasteiger partial charge is 0.251 e. The van der Waals surface area contributed by atoms with Crippen LogP contribution in [0.4, 0.5) is 5.82 Å². The predicted octanol–water partition coefficient (Wildman–Crippen LogP) is 1.99. The number of benzene rings is 1. The number of carbonyl (C=O) groups excluding carboxylic acids is 1. The van der Waals surface area contributed by atoms with Crippen molar-refractivity contribution >= 4 is 23.3 Å². The van der Waals surface area contributed by atoms with Gasteiger partial charge in [0.1, 0.15) is 11.0 Å². The van der Waals surface area contributed by atoms with E-state index in [1.807, 2.05) is 30.3 Å². The lowest BCUT2D eigenvalue weighted by Crippen LogP contribution is -2.26. The van der Waals surface area contributed by atoms with E-state index >= 15 is 0 Å². The Bertz CT molecular complexity index is 589. The van der Waals surface area contributed by atoms with E-state index in [4.69, 9.17) is 17.4 Å². The number of hydrogen-bond donors (Lipinski definition) is 3. The molecule has 1 heterocycles. The summed E-state index contributed by atoms with van der Waals surface area (Å²) in [5.41, 5.74) is 3.96.